The monoisotopic (exact) mass is 437 g/mol. The molecule has 2 amide bonds. The molecule has 0 bridgehead atoms. The minimum atomic E-state index is -0.243. The van der Waals surface area contributed by atoms with Gasteiger partial charge in [0, 0.05) is 24.3 Å². The van der Waals surface area contributed by atoms with Crippen molar-refractivity contribution in [2.45, 2.75) is 43.7 Å². The number of carbonyl (C=O) groups is 2. The summed E-state index contributed by atoms with van der Waals surface area (Å²) < 4.78 is 13.1. The molecule has 29 heavy (non-hydrogen) atoms. The van der Waals surface area contributed by atoms with Gasteiger partial charge >= 0.3 is 0 Å². The smallest absolute Gasteiger partial charge is 0.243 e. The minimum Gasteiger partial charge on any atom is -0.353 e. The standard InChI is InChI=1S/C20H27N3O4S2/c1-13(2)10-17(24)21-12-18(25)22-14-4-5-15-16(11-14)29-20(23-15)28-9-6-19-26-7-3-8-27-19/h4-5,11,13,19H,3,6-10,12H2,1-2H3,(H,21,24)(H,22,25). The third-order valence-electron chi connectivity index (χ3n) is 4.17. The van der Waals surface area contributed by atoms with Gasteiger partial charge in [-0.25, -0.2) is 4.98 Å². The van der Waals surface area contributed by atoms with Gasteiger partial charge < -0.3 is 20.1 Å². The number of rotatable bonds is 9. The highest BCUT2D eigenvalue weighted by Crippen LogP contribution is 2.32. The van der Waals surface area contributed by atoms with Gasteiger partial charge in [0.15, 0.2) is 10.6 Å². The zero-order valence-electron chi connectivity index (χ0n) is 16.7. The fourth-order valence-electron chi connectivity index (χ4n) is 2.82. The van der Waals surface area contributed by atoms with Gasteiger partial charge in [0.25, 0.3) is 0 Å². The third kappa shape index (κ3) is 7.26. The number of amides is 2. The molecule has 1 aliphatic heterocycles. The van der Waals surface area contributed by atoms with E-state index < -0.39 is 0 Å². The van der Waals surface area contributed by atoms with Gasteiger partial charge in [-0.15, -0.1) is 11.3 Å². The van der Waals surface area contributed by atoms with Gasteiger partial charge in [-0.3, -0.25) is 9.59 Å². The number of benzene rings is 1. The van der Waals surface area contributed by atoms with E-state index in [9.17, 15) is 9.59 Å². The Morgan fingerprint density at radius 3 is 2.83 bits per heavy atom. The highest BCUT2D eigenvalue weighted by atomic mass is 32.2. The van der Waals surface area contributed by atoms with Crippen LogP contribution in [0, 0.1) is 5.92 Å². The third-order valence-corrected chi connectivity index (χ3v) is 6.36. The van der Waals surface area contributed by atoms with Gasteiger partial charge in [-0.05, 0) is 30.5 Å². The second-order valence-corrected chi connectivity index (χ2v) is 9.62. The van der Waals surface area contributed by atoms with Gasteiger partial charge in [-0.1, -0.05) is 25.6 Å². The van der Waals surface area contributed by atoms with Crippen molar-refractivity contribution in [1.82, 2.24) is 10.3 Å². The number of hydrogen-bond donors (Lipinski definition) is 2. The Labute approximate surface area is 178 Å². The number of fused-ring (bicyclic) bond motifs is 1. The fourth-order valence-corrected chi connectivity index (χ4v) is 4.95. The molecule has 3 rings (SSSR count). The van der Waals surface area contributed by atoms with E-state index in [0.29, 0.717) is 12.1 Å². The van der Waals surface area contributed by atoms with Crippen LogP contribution in [0.1, 0.15) is 33.1 Å². The lowest BCUT2D eigenvalue weighted by Gasteiger charge is -2.22. The average molecular weight is 438 g/mol. The molecule has 7 nitrogen and oxygen atoms in total. The van der Waals surface area contributed by atoms with E-state index in [2.05, 4.69) is 15.6 Å². The van der Waals surface area contributed by atoms with Crippen LogP contribution in [-0.2, 0) is 19.1 Å². The maximum atomic E-state index is 12.1. The number of nitrogens with zero attached hydrogens (tertiary/aromatic N) is 1. The van der Waals surface area contributed by atoms with Crippen molar-refractivity contribution in [3.63, 3.8) is 0 Å². The molecule has 2 heterocycles. The van der Waals surface area contributed by atoms with E-state index >= 15 is 0 Å². The lowest BCUT2D eigenvalue weighted by molar-refractivity contribution is -0.178. The van der Waals surface area contributed by atoms with Crippen LogP contribution in [-0.4, -0.2) is 48.6 Å². The van der Waals surface area contributed by atoms with Crippen LogP contribution in [0.4, 0.5) is 5.69 Å². The Morgan fingerprint density at radius 2 is 2.07 bits per heavy atom. The van der Waals surface area contributed by atoms with Crippen LogP contribution < -0.4 is 10.6 Å². The zero-order valence-corrected chi connectivity index (χ0v) is 18.4. The number of aromatic nitrogens is 1. The van der Waals surface area contributed by atoms with Gasteiger partial charge in [0.1, 0.15) is 0 Å². The number of thioether (sulfide) groups is 1. The topological polar surface area (TPSA) is 89.6 Å². The number of hydrogen-bond acceptors (Lipinski definition) is 7. The summed E-state index contributed by atoms with van der Waals surface area (Å²) in [5.41, 5.74) is 1.61. The van der Waals surface area contributed by atoms with Crippen LogP contribution >= 0.6 is 23.1 Å². The Morgan fingerprint density at radius 1 is 1.28 bits per heavy atom. The number of anilines is 1. The van der Waals surface area contributed by atoms with Crippen molar-refractivity contribution in [1.29, 1.82) is 0 Å². The van der Waals surface area contributed by atoms with Crippen molar-refractivity contribution in [2.75, 3.05) is 30.8 Å². The van der Waals surface area contributed by atoms with E-state index in [1.807, 2.05) is 32.0 Å². The van der Waals surface area contributed by atoms with Crippen LogP contribution in [0.3, 0.4) is 0 Å². The van der Waals surface area contributed by atoms with Crippen LogP contribution in [0.2, 0.25) is 0 Å². The van der Waals surface area contributed by atoms with Crippen molar-refractivity contribution < 1.29 is 19.1 Å². The molecule has 1 aromatic heterocycles. The van der Waals surface area contributed by atoms with Crippen molar-refractivity contribution >= 4 is 50.8 Å². The molecule has 0 aliphatic carbocycles. The van der Waals surface area contributed by atoms with Gasteiger partial charge in [0.2, 0.25) is 11.8 Å². The summed E-state index contributed by atoms with van der Waals surface area (Å²) in [6.07, 6.45) is 2.11. The van der Waals surface area contributed by atoms with E-state index in [1.165, 1.54) is 0 Å². The first kappa shape index (κ1) is 22.0. The lowest BCUT2D eigenvalue weighted by Crippen LogP contribution is -2.33. The molecule has 158 valence electrons. The van der Waals surface area contributed by atoms with Crippen LogP contribution in [0.15, 0.2) is 22.5 Å². The Hall–Kier alpha value is -1.68. The minimum absolute atomic E-state index is 0.0291. The van der Waals surface area contributed by atoms with Crippen LogP contribution in [0.25, 0.3) is 10.2 Å². The van der Waals surface area contributed by atoms with Crippen LogP contribution in [0.5, 0.6) is 0 Å². The van der Waals surface area contributed by atoms with E-state index in [-0.39, 0.29) is 30.6 Å². The highest BCUT2D eigenvalue weighted by Gasteiger charge is 2.15. The fraction of sp³-hybridized carbons (Fsp3) is 0.550. The van der Waals surface area contributed by atoms with E-state index in [0.717, 1.165) is 46.4 Å². The summed E-state index contributed by atoms with van der Waals surface area (Å²) >= 11 is 3.29. The number of nitrogens with one attached hydrogen (secondary N) is 2. The lowest BCUT2D eigenvalue weighted by atomic mass is 10.1. The Kier molecular flexibility index (Phi) is 8.29. The highest BCUT2D eigenvalue weighted by molar-refractivity contribution is 8.01. The van der Waals surface area contributed by atoms with Crippen molar-refractivity contribution in [3.05, 3.63) is 18.2 Å². The molecule has 9 heteroatoms. The molecule has 2 aromatic rings. The normalized spacial score (nSPS) is 15.0. The van der Waals surface area contributed by atoms with Gasteiger partial charge in [-0.2, -0.15) is 0 Å². The largest absolute Gasteiger partial charge is 0.353 e. The number of thiazole rings is 1. The van der Waals surface area contributed by atoms with E-state index in [4.69, 9.17) is 9.47 Å². The summed E-state index contributed by atoms with van der Waals surface area (Å²) in [5, 5.41) is 5.46. The summed E-state index contributed by atoms with van der Waals surface area (Å²) in [7, 11) is 0. The molecule has 2 N–H and O–H groups in total. The first-order chi connectivity index (χ1) is 14.0. The Bertz CT molecular complexity index is 834. The second-order valence-electron chi connectivity index (χ2n) is 7.25. The molecule has 0 spiro atoms. The maximum Gasteiger partial charge on any atom is 0.243 e. The van der Waals surface area contributed by atoms with Crippen molar-refractivity contribution in [2.24, 2.45) is 5.92 Å². The number of carbonyl (C=O) groups excluding carboxylic acids is 2. The molecule has 1 saturated heterocycles. The molecule has 0 unspecified atom stereocenters. The molecular formula is C20H27N3O4S2. The van der Waals surface area contributed by atoms with Gasteiger partial charge in [0.05, 0.1) is 30.0 Å². The van der Waals surface area contributed by atoms with Crippen molar-refractivity contribution in [3.8, 4) is 0 Å². The molecule has 1 fully saturated rings. The molecule has 1 aromatic carbocycles. The zero-order chi connectivity index (χ0) is 20.6. The molecular weight excluding hydrogens is 410 g/mol. The first-order valence-corrected chi connectivity index (χ1v) is 11.6. The predicted molar refractivity (Wildman–Crippen MR) is 116 cm³/mol. The second kappa shape index (κ2) is 10.9. The SMILES string of the molecule is CC(C)CC(=O)NCC(=O)Nc1ccc2nc(SCCC3OCCCO3)sc2c1. The maximum absolute atomic E-state index is 12.1. The summed E-state index contributed by atoms with van der Waals surface area (Å²) in [6, 6.07) is 5.64. The number of ether oxygens (including phenoxy) is 2. The molecule has 1 aliphatic rings. The molecule has 0 radical (unpaired) electrons. The predicted octanol–water partition coefficient (Wildman–Crippen LogP) is 3.64. The first-order valence-electron chi connectivity index (χ1n) is 9.83. The molecule has 0 atom stereocenters. The Balaban J connectivity index is 1.48. The summed E-state index contributed by atoms with van der Waals surface area (Å²) in [4.78, 5) is 28.4. The quantitative estimate of drug-likeness (QED) is 0.582. The summed E-state index contributed by atoms with van der Waals surface area (Å²) in [6.45, 7) is 5.44. The molecule has 0 saturated carbocycles. The average Bonchev–Trinajstić information content (AvgIpc) is 3.09. The van der Waals surface area contributed by atoms with E-state index in [1.54, 1.807) is 23.1 Å². The summed E-state index contributed by atoms with van der Waals surface area (Å²) in [5.74, 6) is 0.790.